The molecule has 1 aliphatic rings. The van der Waals surface area contributed by atoms with Crippen molar-refractivity contribution in [1.29, 1.82) is 0 Å². The normalized spacial score (nSPS) is 21.6. The van der Waals surface area contributed by atoms with E-state index in [0.717, 1.165) is 23.8 Å². The third-order valence-electron chi connectivity index (χ3n) is 3.96. The summed E-state index contributed by atoms with van der Waals surface area (Å²) in [7, 11) is 4.30. The van der Waals surface area contributed by atoms with Crippen molar-refractivity contribution < 1.29 is 5.11 Å². The predicted octanol–water partition coefficient (Wildman–Crippen LogP) is 1.91. The molecule has 4 nitrogen and oxygen atoms in total. The zero-order chi connectivity index (χ0) is 13.8. The van der Waals surface area contributed by atoms with Crippen LogP contribution < -0.4 is 4.90 Å². The molecule has 1 N–H and O–H groups in total. The summed E-state index contributed by atoms with van der Waals surface area (Å²) in [5, 5.41) is 9.74. The SMILES string of the molecule is CC[C@H](O)c1ccc(N(C)CC2CCN(C)C2)cn1. The van der Waals surface area contributed by atoms with Crippen LogP contribution in [0.15, 0.2) is 18.3 Å². The van der Waals surface area contributed by atoms with Gasteiger partial charge in [-0.1, -0.05) is 6.92 Å². The zero-order valence-corrected chi connectivity index (χ0v) is 12.2. The van der Waals surface area contributed by atoms with Gasteiger partial charge in [0.1, 0.15) is 0 Å². The summed E-state index contributed by atoms with van der Waals surface area (Å²) >= 11 is 0. The maximum Gasteiger partial charge on any atom is 0.0957 e. The van der Waals surface area contributed by atoms with Gasteiger partial charge in [-0.05, 0) is 44.5 Å². The molecule has 1 aliphatic heterocycles. The summed E-state index contributed by atoms with van der Waals surface area (Å²) in [6, 6.07) is 3.99. The summed E-state index contributed by atoms with van der Waals surface area (Å²) < 4.78 is 0. The molecule has 19 heavy (non-hydrogen) atoms. The van der Waals surface area contributed by atoms with Gasteiger partial charge in [0.2, 0.25) is 0 Å². The Morgan fingerprint density at radius 2 is 2.32 bits per heavy atom. The molecule has 0 amide bonds. The van der Waals surface area contributed by atoms with Crippen LogP contribution in [0, 0.1) is 5.92 Å². The van der Waals surface area contributed by atoms with Crippen molar-refractivity contribution >= 4 is 5.69 Å². The van der Waals surface area contributed by atoms with Gasteiger partial charge in [0.15, 0.2) is 0 Å². The van der Waals surface area contributed by atoms with Crippen molar-refractivity contribution in [3.8, 4) is 0 Å². The Balaban J connectivity index is 1.93. The lowest BCUT2D eigenvalue weighted by atomic mass is 10.1. The fraction of sp³-hybridized carbons (Fsp3) is 0.667. The molecule has 0 spiro atoms. The first-order valence-electron chi connectivity index (χ1n) is 7.13. The van der Waals surface area contributed by atoms with Gasteiger partial charge in [-0.25, -0.2) is 0 Å². The Morgan fingerprint density at radius 1 is 1.53 bits per heavy atom. The van der Waals surface area contributed by atoms with E-state index in [4.69, 9.17) is 0 Å². The van der Waals surface area contributed by atoms with Gasteiger partial charge >= 0.3 is 0 Å². The zero-order valence-electron chi connectivity index (χ0n) is 12.2. The Bertz CT molecular complexity index is 393. The van der Waals surface area contributed by atoms with Crippen molar-refractivity contribution in [3.63, 3.8) is 0 Å². The van der Waals surface area contributed by atoms with Crippen LogP contribution in [0.3, 0.4) is 0 Å². The topological polar surface area (TPSA) is 39.6 Å². The van der Waals surface area contributed by atoms with Gasteiger partial charge in [0.25, 0.3) is 0 Å². The highest BCUT2D eigenvalue weighted by Gasteiger charge is 2.21. The lowest BCUT2D eigenvalue weighted by molar-refractivity contribution is 0.169. The third-order valence-corrected chi connectivity index (χ3v) is 3.96. The predicted molar refractivity (Wildman–Crippen MR) is 78.4 cm³/mol. The molecular weight excluding hydrogens is 238 g/mol. The van der Waals surface area contributed by atoms with E-state index in [1.54, 1.807) is 0 Å². The number of anilines is 1. The Kier molecular flexibility index (Phi) is 4.77. The smallest absolute Gasteiger partial charge is 0.0957 e. The minimum absolute atomic E-state index is 0.442. The van der Waals surface area contributed by atoms with E-state index in [1.807, 2.05) is 19.2 Å². The summed E-state index contributed by atoms with van der Waals surface area (Å²) in [5.41, 5.74) is 1.89. The number of aliphatic hydroxyl groups excluding tert-OH is 1. The van der Waals surface area contributed by atoms with E-state index in [1.165, 1.54) is 19.5 Å². The third kappa shape index (κ3) is 3.67. The van der Waals surface area contributed by atoms with Crippen LogP contribution >= 0.6 is 0 Å². The van der Waals surface area contributed by atoms with Gasteiger partial charge in [0, 0.05) is 20.1 Å². The number of hydrogen-bond donors (Lipinski definition) is 1. The number of rotatable bonds is 5. The molecule has 2 atom stereocenters. The van der Waals surface area contributed by atoms with E-state index in [-0.39, 0.29) is 0 Å². The largest absolute Gasteiger partial charge is 0.387 e. The van der Waals surface area contributed by atoms with Crippen LogP contribution in [0.25, 0.3) is 0 Å². The van der Waals surface area contributed by atoms with E-state index in [0.29, 0.717) is 6.42 Å². The molecule has 1 unspecified atom stereocenters. The molecule has 1 fully saturated rings. The minimum Gasteiger partial charge on any atom is -0.387 e. The van der Waals surface area contributed by atoms with E-state index < -0.39 is 6.10 Å². The standard InChI is InChI=1S/C15H25N3O/c1-4-15(19)14-6-5-13(9-16-14)18(3)11-12-7-8-17(2)10-12/h5-6,9,12,15,19H,4,7-8,10-11H2,1-3H3/t12?,15-/m0/s1. The fourth-order valence-electron chi connectivity index (χ4n) is 2.70. The molecule has 4 heteroatoms. The molecule has 0 bridgehead atoms. The highest BCUT2D eigenvalue weighted by Crippen LogP contribution is 2.21. The van der Waals surface area contributed by atoms with Gasteiger partial charge in [0.05, 0.1) is 23.7 Å². The number of likely N-dealkylation sites (tertiary alicyclic amines) is 1. The van der Waals surface area contributed by atoms with Crippen LogP contribution in [0.4, 0.5) is 5.69 Å². The highest BCUT2D eigenvalue weighted by atomic mass is 16.3. The second kappa shape index (κ2) is 6.35. The van der Waals surface area contributed by atoms with Crippen molar-refractivity contribution in [2.75, 3.05) is 38.6 Å². The van der Waals surface area contributed by atoms with Gasteiger partial charge in [-0.2, -0.15) is 0 Å². The molecule has 2 rings (SSSR count). The number of aliphatic hydroxyl groups is 1. The second-order valence-electron chi connectivity index (χ2n) is 5.66. The molecule has 0 aromatic carbocycles. The number of aromatic nitrogens is 1. The average Bonchev–Trinajstić information content (AvgIpc) is 2.83. The van der Waals surface area contributed by atoms with Crippen LogP contribution in [0.5, 0.6) is 0 Å². The minimum atomic E-state index is -0.442. The monoisotopic (exact) mass is 263 g/mol. The Hall–Kier alpha value is -1.13. The lowest BCUT2D eigenvalue weighted by Gasteiger charge is -2.23. The summed E-state index contributed by atoms with van der Waals surface area (Å²) in [4.78, 5) is 9.01. The van der Waals surface area contributed by atoms with Crippen molar-refractivity contribution in [2.24, 2.45) is 5.92 Å². The number of nitrogens with zero attached hydrogens (tertiary/aromatic N) is 3. The summed E-state index contributed by atoms with van der Waals surface area (Å²) in [6.07, 6.45) is 3.41. The van der Waals surface area contributed by atoms with Gasteiger partial charge in [-0.3, -0.25) is 4.98 Å². The van der Waals surface area contributed by atoms with Crippen LogP contribution in [-0.2, 0) is 0 Å². The van der Waals surface area contributed by atoms with E-state index >= 15 is 0 Å². The van der Waals surface area contributed by atoms with Crippen LogP contribution in [-0.4, -0.2) is 48.7 Å². The molecular formula is C15H25N3O. The Morgan fingerprint density at radius 3 is 2.84 bits per heavy atom. The molecule has 106 valence electrons. The van der Waals surface area contributed by atoms with Crippen molar-refractivity contribution in [1.82, 2.24) is 9.88 Å². The molecule has 0 aliphatic carbocycles. The maximum absolute atomic E-state index is 9.74. The molecule has 1 aromatic heterocycles. The second-order valence-corrected chi connectivity index (χ2v) is 5.66. The quantitative estimate of drug-likeness (QED) is 0.881. The maximum atomic E-state index is 9.74. The summed E-state index contributed by atoms with van der Waals surface area (Å²) in [5.74, 6) is 0.746. The van der Waals surface area contributed by atoms with Crippen LogP contribution in [0.1, 0.15) is 31.6 Å². The first-order valence-corrected chi connectivity index (χ1v) is 7.13. The molecule has 0 saturated carbocycles. The van der Waals surface area contributed by atoms with Gasteiger partial charge < -0.3 is 14.9 Å². The molecule has 1 aromatic rings. The molecule has 1 saturated heterocycles. The summed E-state index contributed by atoms with van der Waals surface area (Å²) in [6.45, 7) is 5.42. The average molecular weight is 263 g/mol. The van der Waals surface area contributed by atoms with Gasteiger partial charge in [-0.15, -0.1) is 0 Å². The van der Waals surface area contributed by atoms with Crippen molar-refractivity contribution in [2.45, 2.75) is 25.9 Å². The number of hydrogen-bond acceptors (Lipinski definition) is 4. The van der Waals surface area contributed by atoms with Crippen LogP contribution in [0.2, 0.25) is 0 Å². The Labute approximate surface area is 116 Å². The molecule has 0 radical (unpaired) electrons. The van der Waals surface area contributed by atoms with E-state index in [9.17, 15) is 5.11 Å². The molecule has 2 heterocycles. The number of pyridine rings is 1. The first kappa shape index (κ1) is 14.3. The highest BCUT2D eigenvalue weighted by molar-refractivity contribution is 5.43. The van der Waals surface area contributed by atoms with E-state index in [2.05, 4.69) is 34.9 Å². The first-order chi connectivity index (χ1) is 9.10. The lowest BCUT2D eigenvalue weighted by Crippen LogP contribution is -2.27. The van der Waals surface area contributed by atoms with Crippen molar-refractivity contribution in [3.05, 3.63) is 24.0 Å². The fourth-order valence-corrected chi connectivity index (χ4v) is 2.70.